The maximum Gasteiger partial charge on any atom is 0.407 e. The predicted molar refractivity (Wildman–Crippen MR) is 77.1 cm³/mol. The lowest BCUT2D eigenvalue weighted by molar-refractivity contribution is -0.118. The van der Waals surface area contributed by atoms with Crippen molar-refractivity contribution < 1.29 is 14.3 Å². The van der Waals surface area contributed by atoms with Crippen LogP contribution in [-0.4, -0.2) is 24.5 Å². The number of ketones is 1. The molecule has 20 heavy (non-hydrogen) atoms. The zero-order valence-electron chi connectivity index (χ0n) is 11.8. The molecule has 0 saturated heterocycles. The summed E-state index contributed by atoms with van der Waals surface area (Å²) in [5.41, 5.74) is 6.56. The molecule has 0 bridgehead atoms. The first-order valence-electron chi connectivity index (χ1n) is 6.80. The second-order valence-corrected chi connectivity index (χ2v) is 4.70. The van der Waals surface area contributed by atoms with Crippen molar-refractivity contribution in [1.82, 2.24) is 5.32 Å². The summed E-state index contributed by atoms with van der Waals surface area (Å²) < 4.78 is 5.07. The molecule has 0 fully saturated rings. The number of hydrogen-bond donors (Lipinski definition) is 2. The van der Waals surface area contributed by atoms with E-state index in [-0.39, 0.29) is 18.4 Å². The van der Waals surface area contributed by atoms with Gasteiger partial charge in [0.25, 0.3) is 0 Å². The topological polar surface area (TPSA) is 81.4 Å². The summed E-state index contributed by atoms with van der Waals surface area (Å²) in [5.74, 6) is 0.000213. The minimum atomic E-state index is -0.426. The van der Waals surface area contributed by atoms with E-state index >= 15 is 0 Å². The number of nitrogens with one attached hydrogen (secondary N) is 1. The van der Waals surface area contributed by atoms with Gasteiger partial charge in [0.05, 0.1) is 6.04 Å². The van der Waals surface area contributed by atoms with Crippen LogP contribution in [0.1, 0.15) is 31.7 Å². The van der Waals surface area contributed by atoms with Crippen molar-refractivity contribution in [3.8, 4) is 0 Å². The van der Waals surface area contributed by atoms with Crippen LogP contribution >= 0.6 is 0 Å². The van der Waals surface area contributed by atoms with E-state index in [0.29, 0.717) is 13.0 Å². The van der Waals surface area contributed by atoms with E-state index in [4.69, 9.17) is 10.5 Å². The van der Waals surface area contributed by atoms with Crippen LogP contribution in [0.3, 0.4) is 0 Å². The van der Waals surface area contributed by atoms with Crippen LogP contribution in [0.4, 0.5) is 4.79 Å². The summed E-state index contributed by atoms with van der Waals surface area (Å²) in [4.78, 5) is 22.3. The number of rotatable bonds is 8. The Bertz CT molecular complexity index is 420. The first-order valence-corrected chi connectivity index (χ1v) is 6.80. The van der Waals surface area contributed by atoms with Gasteiger partial charge in [-0.2, -0.15) is 0 Å². The Labute approximate surface area is 119 Å². The molecule has 110 valence electrons. The molecular weight excluding hydrogens is 256 g/mol. The van der Waals surface area contributed by atoms with Gasteiger partial charge < -0.3 is 15.8 Å². The monoisotopic (exact) mass is 278 g/mol. The Balaban J connectivity index is 2.05. The number of carbonyl (C=O) groups excluding carboxylic acids is 2. The fourth-order valence-corrected chi connectivity index (χ4v) is 1.66. The Morgan fingerprint density at radius 3 is 2.60 bits per heavy atom. The zero-order valence-corrected chi connectivity index (χ0v) is 11.8. The Morgan fingerprint density at radius 2 is 1.95 bits per heavy atom. The van der Waals surface area contributed by atoms with Crippen molar-refractivity contribution in [3.05, 3.63) is 35.9 Å². The lowest BCUT2D eigenvalue weighted by atomic mass is 10.1. The van der Waals surface area contributed by atoms with Crippen molar-refractivity contribution in [2.24, 2.45) is 5.73 Å². The molecule has 0 aliphatic heterocycles. The molecule has 1 aromatic rings. The van der Waals surface area contributed by atoms with Gasteiger partial charge in [-0.1, -0.05) is 30.3 Å². The molecule has 1 rings (SSSR count). The highest BCUT2D eigenvalue weighted by Gasteiger charge is 2.07. The van der Waals surface area contributed by atoms with E-state index in [0.717, 1.165) is 18.4 Å². The number of amides is 1. The number of alkyl carbamates (subject to hydrolysis) is 1. The quantitative estimate of drug-likeness (QED) is 0.713. The maximum absolute atomic E-state index is 11.4. The van der Waals surface area contributed by atoms with E-state index in [1.165, 1.54) is 6.92 Å². The van der Waals surface area contributed by atoms with Crippen LogP contribution in [0, 0.1) is 0 Å². The van der Waals surface area contributed by atoms with Gasteiger partial charge in [-0.15, -0.1) is 0 Å². The zero-order chi connectivity index (χ0) is 14.8. The van der Waals surface area contributed by atoms with Crippen molar-refractivity contribution in [1.29, 1.82) is 0 Å². The molecule has 0 aliphatic rings. The fraction of sp³-hybridized carbons (Fsp3) is 0.467. The van der Waals surface area contributed by atoms with E-state index in [2.05, 4.69) is 5.32 Å². The molecule has 0 aliphatic carbocycles. The Hall–Kier alpha value is -1.88. The number of hydrogen-bond acceptors (Lipinski definition) is 4. The van der Waals surface area contributed by atoms with Crippen LogP contribution in [0.2, 0.25) is 0 Å². The lowest BCUT2D eigenvalue weighted by Crippen LogP contribution is -2.29. The molecule has 5 heteroatoms. The minimum Gasteiger partial charge on any atom is -0.445 e. The SMILES string of the molecule is CC(=O)[C@@H](N)CCCCNC(=O)OCc1ccccc1. The molecular formula is C15H22N2O3. The molecule has 1 atom stereocenters. The molecule has 3 N–H and O–H groups in total. The number of nitrogens with two attached hydrogens (primary N) is 1. The second kappa shape index (κ2) is 9.09. The van der Waals surface area contributed by atoms with Gasteiger partial charge in [-0.3, -0.25) is 4.79 Å². The number of benzene rings is 1. The molecule has 1 amide bonds. The molecule has 5 nitrogen and oxygen atoms in total. The van der Waals surface area contributed by atoms with Crippen LogP contribution in [-0.2, 0) is 16.1 Å². The fourth-order valence-electron chi connectivity index (χ4n) is 1.66. The highest BCUT2D eigenvalue weighted by atomic mass is 16.5. The van der Waals surface area contributed by atoms with E-state index in [9.17, 15) is 9.59 Å². The van der Waals surface area contributed by atoms with Crippen LogP contribution in [0.5, 0.6) is 0 Å². The average Bonchev–Trinajstić information content (AvgIpc) is 2.45. The molecule has 0 radical (unpaired) electrons. The van der Waals surface area contributed by atoms with Gasteiger partial charge in [-0.25, -0.2) is 4.79 Å². The molecule has 0 aromatic heterocycles. The molecule has 1 aromatic carbocycles. The minimum absolute atomic E-state index is 0.000213. The van der Waals surface area contributed by atoms with Crippen LogP contribution < -0.4 is 11.1 Å². The van der Waals surface area contributed by atoms with Crippen molar-refractivity contribution in [2.75, 3.05) is 6.54 Å². The maximum atomic E-state index is 11.4. The summed E-state index contributed by atoms with van der Waals surface area (Å²) in [5, 5.41) is 2.67. The summed E-state index contributed by atoms with van der Waals surface area (Å²) in [6, 6.07) is 9.12. The summed E-state index contributed by atoms with van der Waals surface area (Å²) >= 11 is 0. The number of unbranched alkanes of at least 4 members (excludes halogenated alkanes) is 1. The molecule has 0 unspecified atom stereocenters. The van der Waals surface area contributed by atoms with E-state index in [1.54, 1.807) is 0 Å². The second-order valence-electron chi connectivity index (χ2n) is 4.70. The van der Waals surface area contributed by atoms with Crippen molar-refractivity contribution in [2.45, 2.75) is 38.8 Å². The third-order valence-electron chi connectivity index (χ3n) is 2.95. The molecule has 0 saturated carbocycles. The van der Waals surface area contributed by atoms with E-state index < -0.39 is 6.09 Å². The smallest absolute Gasteiger partial charge is 0.407 e. The van der Waals surface area contributed by atoms with Gasteiger partial charge in [0, 0.05) is 6.54 Å². The largest absolute Gasteiger partial charge is 0.445 e. The number of carbonyl (C=O) groups is 2. The van der Waals surface area contributed by atoms with Gasteiger partial charge in [0.2, 0.25) is 0 Å². The summed E-state index contributed by atoms with van der Waals surface area (Å²) in [7, 11) is 0. The van der Waals surface area contributed by atoms with Crippen LogP contribution in [0.15, 0.2) is 30.3 Å². The van der Waals surface area contributed by atoms with E-state index in [1.807, 2.05) is 30.3 Å². The van der Waals surface area contributed by atoms with Gasteiger partial charge in [0.1, 0.15) is 12.4 Å². The number of Topliss-reactive ketones (excluding diaryl/α,β-unsaturated/α-hetero) is 1. The molecule has 0 spiro atoms. The third kappa shape index (κ3) is 6.89. The van der Waals surface area contributed by atoms with Crippen molar-refractivity contribution >= 4 is 11.9 Å². The normalized spacial score (nSPS) is 11.7. The van der Waals surface area contributed by atoms with Crippen molar-refractivity contribution in [3.63, 3.8) is 0 Å². The average molecular weight is 278 g/mol. The Kier molecular flexibility index (Phi) is 7.35. The molecule has 0 heterocycles. The van der Waals surface area contributed by atoms with Gasteiger partial charge >= 0.3 is 6.09 Å². The predicted octanol–water partition coefficient (Wildman–Crippen LogP) is 2.00. The van der Waals surface area contributed by atoms with Crippen LogP contribution in [0.25, 0.3) is 0 Å². The summed E-state index contributed by atoms with van der Waals surface area (Å²) in [6.07, 6.45) is 1.81. The Morgan fingerprint density at radius 1 is 1.25 bits per heavy atom. The first kappa shape index (κ1) is 16.2. The third-order valence-corrected chi connectivity index (χ3v) is 2.95. The lowest BCUT2D eigenvalue weighted by Gasteiger charge is -2.08. The first-order chi connectivity index (χ1) is 9.59. The number of ether oxygens (including phenoxy) is 1. The van der Waals surface area contributed by atoms with Gasteiger partial charge in [-0.05, 0) is 31.7 Å². The summed E-state index contributed by atoms with van der Waals surface area (Å²) in [6.45, 7) is 2.28. The highest BCUT2D eigenvalue weighted by Crippen LogP contribution is 2.01. The highest BCUT2D eigenvalue weighted by molar-refractivity contribution is 5.81. The standard InChI is InChI=1S/C15H22N2O3/c1-12(18)14(16)9-5-6-10-17-15(19)20-11-13-7-3-2-4-8-13/h2-4,7-8,14H,5-6,9-11,16H2,1H3,(H,17,19)/t14-/m0/s1. The van der Waals surface area contributed by atoms with Gasteiger partial charge in [0.15, 0.2) is 0 Å².